The Morgan fingerprint density at radius 2 is 1.88 bits per heavy atom. The van der Waals surface area contributed by atoms with Crippen LogP contribution in [0.4, 0.5) is 4.39 Å². The molecule has 1 amide bonds. The molecule has 1 aliphatic heterocycles. The van der Waals surface area contributed by atoms with Crippen molar-refractivity contribution in [1.29, 1.82) is 0 Å². The molecule has 1 aromatic carbocycles. The molecule has 1 fully saturated rings. The molecular formula is C18H24Cl2FN3OS. The van der Waals surface area contributed by atoms with E-state index < -0.39 is 0 Å². The van der Waals surface area contributed by atoms with E-state index in [-0.39, 0.29) is 42.0 Å². The van der Waals surface area contributed by atoms with Crippen LogP contribution in [-0.4, -0.2) is 30.5 Å². The van der Waals surface area contributed by atoms with E-state index in [1.165, 1.54) is 23.5 Å². The fraction of sp³-hybridized carbons (Fsp3) is 0.444. The zero-order chi connectivity index (χ0) is 17.2. The van der Waals surface area contributed by atoms with E-state index in [9.17, 15) is 9.18 Å². The van der Waals surface area contributed by atoms with Gasteiger partial charge in [0.2, 0.25) is 0 Å². The molecule has 0 bridgehead atoms. The maximum absolute atomic E-state index is 13.0. The number of halogens is 3. The number of hydrogen-bond acceptors (Lipinski definition) is 4. The first kappa shape index (κ1) is 22.8. The number of benzene rings is 1. The van der Waals surface area contributed by atoms with Crippen LogP contribution in [-0.2, 0) is 0 Å². The highest BCUT2D eigenvalue weighted by molar-refractivity contribution is 7.17. The van der Waals surface area contributed by atoms with Gasteiger partial charge in [0.25, 0.3) is 5.91 Å². The standard InChI is InChI=1S/C18H22FN3OS.2ClH/c1-12-15(16(23)21-11-18(2)7-9-20-10-8-18)24-17(22-12)13-3-5-14(19)6-4-13;;/h3-6,20H,7-11H2,1-2H3,(H,21,23);2*1H. The van der Waals surface area contributed by atoms with Crippen molar-refractivity contribution in [3.8, 4) is 10.6 Å². The van der Waals surface area contributed by atoms with E-state index in [0.717, 1.165) is 36.5 Å². The van der Waals surface area contributed by atoms with Gasteiger partial charge in [0.1, 0.15) is 15.7 Å². The molecule has 0 unspecified atom stereocenters. The SMILES string of the molecule is Cc1nc(-c2ccc(F)cc2)sc1C(=O)NCC1(C)CCNCC1.Cl.Cl. The summed E-state index contributed by atoms with van der Waals surface area (Å²) >= 11 is 1.35. The number of hydrogen-bond donors (Lipinski definition) is 2. The van der Waals surface area contributed by atoms with E-state index in [1.54, 1.807) is 12.1 Å². The predicted molar refractivity (Wildman–Crippen MR) is 109 cm³/mol. The number of aryl methyl sites for hydroxylation is 1. The van der Waals surface area contributed by atoms with Crippen molar-refractivity contribution >= 4 is 42.1 Å². The molecule has 3 rings (SSSR count). The number of nitrogens with zero attached hydrogens (tertiary/aromatic N) is 1. The second-order valence-electron chi connectivity index (χ2n) is 6.68. The summed E-state index contributed by atoms with van der Waals surface area (Å²) in [5, 5.41) is 7.16. The lowest BCUT2D eigenvalue weighted by atomic mass is 9.81. The fourth-order valence-electron chi connectivity index (χ4n) is 2.90. The number of rotatable bonds is 4. The van der Waals surface area contributed by atoms with E-state index in [2.05, 4.69) is 22.5 Å². The average Bonchev–Trinajstić information content (AvgIpc) is 2.96. The lowest BCUT2D eigenvalue weighted by Crippen LogP contribution is -2.42. The lowest BCUT2D eigenvalue weighted by molar-refractivity contribution is 0.0925. The molecular weight excluding hydrogens is 396 g/mol. The maximum Gasteiger partial charge on any atom is 0.263 e. The predicted octanol–water partition coefficient (Wildman–Crippen LogP) is 4.22. The van der Waals surface area contributed by atoms with Gasteiger partial charge in [0, 0.05) is 12.1 Å². The Kier molecular flexibility index (Phi) is 8.47. The van der Waals surface area contributed by atoms with Gasteiger partial charge >= 0.3 is 0 Å². The molecule has 0 aliphatic carbocycles. The minimum Gasteiger partial charge on any atom is -0.351 e. The van der Waals surface area contributed by atoms with E-state index in [0.29, 0.717) is 17.1 Å². The number of piperidine rings is 1. The summed E-state index contributed by atoms with van der Waals surface area (Å²) in [5.41, 5.74) is 1.69. The number of amides is 1. The van der Waals surface area contributed by atoms with Gasteiger partial charge in [-0.1, -0.05) is 6.92 Å². The van der Waals surface area contributed by atoms with Crippen LogP contribution in [0.5, 0.6) is 0 Å². The van der Waals surface area contributed by atoms with E-state index in [1.807, 2.05) is 6.92 Å². The molecule has 1 aliphatic rings. The topological polar surface area (TPSA) is 54.0 Å². The smallest absolute Gasteiger partial charge is 0.263 e. The third kappa shape index (κ3) is 5.39. The van der Waals surface area contributed by atoms with Gasteiger partial charge in [0.15, 0.2) is 0 Å². The quantitative estimate of drug-likeness (QED) is 0.779. The van der Waals surface area contributed by atoms with Gasteiger partial charge in [-0.05, 0) is 62.5 Å². The number of nitrogens with one attached hydrogen (secondary N) is 2. The van der Waals surface area contributed by atoms with Crippen LogP contribution in [0, 0.1) is 18.2 Å². The summed E-state index contributed by atoms with van der Waals surface area (Å²) < 4.78 is 13.0. The van der Waals surface area contributed by atoms with Crippen LogP contribution in [0.25, 0.3) is 10.6 Å². The van der Waals surface area contributed by atoms with Gasteiger partial charge in [-0.2, -0.15) is 0 Å². The van der Waals surface area contributed by atoms with Crippen molar-refractivity contribution in [2.24, 2.45) is 5.41 Å². The number of carbonyl (C=O) groups excluding carboxylic acids is 1. The van der Waals surface area contributed by atoms with Gasteiger partial charge in [-0.15, -0.1) is 36.2 Å². The Labute approximate surface area is 169 Å². The molecule has 1 saturated heterocycles. The van der Waals surface area contributed by atoms with E-state index in [4.69, 9.17) is 0 Å². The highest BCUT2D eigenvalue weighted by Gasteiger charge is 2.27. The summed E-state index contributed by atoms with van der Waals surface area (Å²) in [6.45, 7) is 6.74. The summed E-state index contributed by atoms with van der Waals surface area (Å²) in [7, 11) is 0. The monoisotopic (exact) mass is 419 g/mol. The average molecular weight is 420 g/mol. The normalized spacial score (nSPS) is 15.5. The maximum atomic E-state index is 13.0. The molecule has 0 atom stereocenters. The molecule has 144 valence electrons. The van der Waals surface area contributed by atoms with Crippen molar-refractivity contribution in [1.82, 2.24) is 15.6 Å². The fourth-order valence-corrected chi connectivity index (χ4v) is 3.89. The molecule has 2 N–H and O–H groups in total. The molecule has 0 radical (unpaired) electrons. The molecule has 2 aromatic rings. The van der Waals surface area contributed by atoms with Crippen molar-refractivity contribution in [3.05, 3.63) is 40.7 Å². The highest BCUT2D eigenvalue weighted by atomic mass is 35.5. The Bertz CT molecular complexity index is 731. The molecule has 1 aromatic heterocycles. The Balaban J connectivity index is 0.00000169. The first-order valence-corrected chi connectivity index (χ1v) is 9.01. The minimum atomic E-state index is -0.278. The third-order valence-corrected chi connectivity index (χ3v) is 5.79. The number of carbonyl (C=O) groups is 1. The number of thiazole rings is 1. The summed E-state index contributed by atoms with van der Waals surface area (Å²) in [6, 6.07) is 6.18. The highest BCUT2D eigenvalue weighted by Crippen LogP contribution is 2.29. The molecule has 0 spiro atoms. The zero-order valence-corrected chi connectivity index (χ0v) is 17.3. The second kappa shape index (κ2) is 9.65. The molecule has 4 nitrogen and oxygen atoms in total. The molecule has 2 heterocycles. The largest absolute Gasteiger partial charge is 0.351 e. The van der Waals surface area contributed by atoms with Crippen LogP contribution in [0.1, 0.15) is 35.1 Å². The Morgan fingerprint density at radius 3 is 2.50 bits per heavy atom. The lowest BCUT2D eigenvalue weighted by Gasteiger charge is -2.34. The molecule has 8 heteroatoms. The van der Waals surface area contributed by atoms with Crippen molar-refractivity contribution in [2.45, 2.75) is 26.7 Å². The van der Waals surface area contributed by atoms with Crippen LogP contribution in [0.3, 0.4) is 0 Å². The first-order chi connectivity index (χ1) is 11.5. The third-order valence-electron chi connectivity index (χ3n) is 4.58. The Morgan fingerprint density at radius 1 is 1.27 bits per heavy atom. The van der Waals surface area contributed by atoms with Gasteiger partial charge in [0.05, 0.1) is 5.69 Å². The zero-order valence-electron chi connectivity index (χ0n) is 14.8. The number of aromatic nitrogens is 1. The van der Waals surface area contributed by atoms with Crippen molar-refractivity contribution in [3.63, 3.8) is 0 Å². The van der Waals surface area contributed by atoms with Gasteiger partial charge < -0.3 is 10.6 Å². The summed E-state index contributed by atoms with van der Waals surface area (Å²) in [6.07, 6.45) is 2.13. The van der Waals surface area contributed by atoms with Crippen molar-refractivity contribution < 1.29 is 9.18 Å². The van der Waals surface area contributed by atoms with Crippen LogP contribution in [0.15, 0.2) is 24.3 Å². The van der Waals surface area contributed by atoms with E-state index >= 15 is 0 Å². The van der Waals surface area contributed by atoms with Gasteiger partial charge in [-0.25, -0.2) is 9.37 Å². The van der Waals surface area contributed by atoms with Crippen molar-refractivity contribution in [2.75, 3.05) is 19.6 Å². The van der Waals surface area contributed by atoms with Crippen LogP contribution in [0.2, 0.25) is 0 Å². The summed E-state index contributed by atoms with van der Waals surface area (Å²) in [4.78, 5) is 17.6. The summed E-state index contributed by atoms with van der Waals surface area (Å²) in [5.74, 6) is -0.349. The Hall–Kier alpha value is -1.21. The van der Waals surface area contributed by atoms with Crippen LogP contribution < -0.4 is 10.6 Å². The minimum absolute atomic E-state index is 0. The first-order valence-electron chi connectivity index (χ1n) is 8.19. The van der Waals surface area contributed by atoms with Crippen LogP contribution >= 0.6 is 36.2 Å². The molecule has 26 heavy (non-hydrogen) atoms. The second-order valence-corrected chi connectivity index (χ2v) is 7.68. The molecule has 0 saturated carbocycles. The van der Waals surface area contributed by atoms with Gasteiger partial charge in [-0.3, -0.25) is 4.79 Å².